The first-order chi connectivity index (χ1) is 9.76. The lowest BCUT2D eigenvalue weighted by atomic mass is 10.1. The van der Waals surface area contributed by atoms with E-state index in [1.54, 1.807) is 19.1 Å². The first-order valence-electron chi connectivity index (χ1n) is 5.98. The van der Waals surface area contributed by atoms with Crippen LogP contribution in [0.15, 0.2) is 29.2 Å². The van der Waals surface area contributed by atoms with Gasteiger partial charge < -0.3 is 10.4 Å². The van der Waals surface area contributed by atoms with Gasteiger partial charge in [-0.15, -0.1) is 0 Å². The number of aliphatic carboxylic acids is 1. The Morgan fingerprint density at radius 3 is 2.57 bits per heavy atom. The topological polar surface area (TPSA) is 113 Å². The summed E-state index contributed by atoms with van der Waals surface area (Å²) >= 11 is 0. The fourth-order valence-corrected chi connectivity index (χ4v) is 2.76. The Morgan fingerprint density at radius 1 is 1.33 bits per heavy atom. The molecule has 8 heteroatoms. The predicted octanol–water partition coefficient (Wildman–Crippen LogP) is 0.117. The van der Waals surface area contributed by atoms with E-state index in [9.17, 15) is 18.0 Å². The van der Waals surface area contributed by atoms with E-state index < -0.39 is 21.9 Å². The summed E-state index contributed by atoms with van der Waals surface area (Å²) in [5.41, 5.74) is 0.926. The van der Waals surface area contributed by atoms with Crippen LogP contribution in [0.4, 0.5) is 0 Å². The van der Waals surface area contributed by atoms with Crippen molar-refractivity contribution in [2.75, 3.05) is 13.6 Å². The van der Waals surface area contributed by atoms with Crippen molar-refractivity contribution < 1.29 is 23.1 Å². The zero-order valence-electron chi connectivity index (χ0n) is 11.6. The zero-order chi connectivity index (χ0) is 16.0. The summed E-state index contributed by atoms with van der Waals surface area (Å²) in [5.74, 6) is -1.59. The van der Waals surface area contributed by atoms with Crippen LogP contribution in [-0.4, -0.2) is 39.0 Å². The minimum atomic E-state index is -3.85. The Labute approximate surface area is 122 Å². The van der Waals surface area contributed by atoms with E-state index in [1.165, 1.54) is 19.2 Å². The van der Waals surface area contributed by atoms with Gasteiger partial charge in [0, 0.05) is 13.1 Å². The second-order valence-electron chi connectivity index (χ2n) is 4.19. The lowest BCUT2D eigenvalue weighted by molar-refractivity contribution is -0.131. The summed E-state index contributed by atoms with van der Waals surface area (Å²) in [7, 11) is -2.45. The number of nitrogens with one attached hydrogen (secondary N) is 2. The fraction of sp³-hybridized carbons (Fsp3) is 0.231. The van der Waals surface area contributed by atoms with Gasteiger partial charge in [0.1, 0.15) is 0 Å². The zero-order valence-corrected chi connectivity index (χ0v) is 12.4. The number of hydrogen-bond acceptors (Lipinski definition) is 4. The second-order valence-corrected chi connectivity index (χ2v) is 5.93. The van der Waals surface area contributed by atoms with Crippen LogP contribution in [0, 0.1) is 6.92 Å². The summed E-state index contributed by atoms with van der Waals surface area (Å²) in [6.45, 7) is 1.24. The molecule has 0 bridgehead atoms. The van der Waals surface area contributed by atoms with Gasteiger partial charge in [0.15, 0.2) is 0 Å². The van der Waals surface area contributed by atoms with Crippen LogP contribution in [0.25, 0.3) is 6.08 Å². The van der Waals surface area contributed by atoms with E-state index in [1.807, 2.05) is 0 Å². The minimum Gasteiger partial charge on any atom is -0.478 e. The molecule has 0 aromatic heterocycles. The van der Waals surface area contributed by atoms with Gasteiger partial charge in [0.05, 0.1) is 11.4 Å². The molecule has 0 heterocycles. The average molecular weight is 312 g/mol. The third kappa shape index (κ3) is 5.01. The molecule has 1 aromatic rings. The molecule has 0 aliphatic heterocycles. The quantitative estimate of drug-likeness (QED) is 0.646. The maximum Gasteiger partial charge on any atom is 0.328 e. The van der Waals surface area contributed by atoms with Crippen LogP contribution >= 0.6 is 0 Å². The second kappa shape index (κ2) is 7.00. The maximum atomic E-state index is 12.1. The largest absolute Gasteiger partial charge is 0.478 e. The number of carboxylic acids is 1. The highest BCUT2D eigenvalue weighted by molar-refractivity contribution is 7.89. The first kappa shape index (κ1) is 16.9. The number of benzene rings is 1. The molecule has 1 amide bonds. The third-order valence-corrected chi connectivity index (χ3v) is 4.16. The third-order valence-electron chi connectivity index (χ3n) is 2.62. The van der Waals surface area contributed by atoms with Gasteiger partial charge in [-0.25, -0.2) is 17.9 Å². The standard InChI is InChI=1S/C13H16N2O5S/c1-9-3-4-10(5-6-13(17)18)7-11(9)21(19,20)15-8-12(16)14-2/h3-7,15H,8H2,1-2H3,(H,14,16)(H,17,18). The van der Waals surface area contributed by atoms with Crippen LogP contribution in [0.5, 0.6) is 0 Å². The smallest absolute Gasteiger partial charge is 0.328 e. The van der Waals surface area contributed by atoms with Crippen molar-refractivity contribution in [2.24, 2.45) is 0 Å². The molecule has 0 atom stereocenters. The molecule has 1 aromatic carbocycles. The number of sulfonamides is 1. The molecule has 7 nitrogen and oxygen atoms in total. The highest BCUT2D eigenvalue weighted by Crippen LogP contribution is 2.17. The van der Waals surface area contributed by atoms with E-state index in [4.69, 9.17) is 5.11 Å². The van der Waals surface area contributed by atoms with Gasteiger partial charge in [0.2, 0.25) is 15.9 Å². The van der Waals surface area contributed by atoms with Crippen molar-refractivity contribution in [1.29, 1.82) is 0 Å². The van der Waals surface area contributed by atoms with Crippen molar-refractivity contribution in [2.45, 2.75) is 11.8 Å². The van der Waals surface area contributed by atoms with Crippen molar-refractivity contribution in [1.82, 2.24) is 10.0 Å². The molecule has 0 saturated heterocycles. The Bertz CT molecular complexity index is 680. The molecule has 0 radical (unpaired) electrons. The van der Waals surface area contributed by atoms with E-state index >= 15 is 0 Å². The molecule has 21 heavy (non-hydrogen) atoms. The molecular weight excluding hydrogens is 296 g/mol. The molecule has 0 spiro atoms. The Morgan fingerprint density at radius 2 is 2.00 bits per heavy atom. The fourth-order valence-electron chi connectivity index (χ4n) is 1.50. The monoisotopic (exact) mass is 312 g/mol. The van der Waals surface area contributed by atoms with Gasteiger partial charge in [0.25, 0.3) is 0 Å². The van der Waals surface area contributed by atoms with E-state index in [-0.39, 0.29) is 11.4 Å². The number of rotatable bonds is 6. The number of amides is 1. The van der Waals surface area contributed by atoms with Crippen molar-refractivity contribution >= 4 is 28.0 Å². The summed E-state index contributed by atoms with van der Waals surface area (Å²) in [6, 6.07) is 4.52. The van der Waals surface area contributed by atoms with Crippen LogP contribution in [0.1, 0.15) is 11.1 Å². The summed E-state index contributed by atoms with van der Waals surface area (Å²) in [6.07, 6.45) is 2.21. The van der Waals surface area contributed by atoms with Crippen LogP contribution in [0.2, 0.25) is 0 Å². The van der Waals surface area contributed by atoms with E-state index in [0.29, 0.717) is 11.1 Å². The molecular formula is C13H16N2O5S. The minimum absolute atomic E-state index is 0.000980. The molecule has 1 rings (SSSR count). The van der Waals surface area contributed by atoms with Gasteiger partial charge >= 0.3 is 5.97 Å². The Balaban J connectivity index is 3.08. The molecule has 0 aliphatic carbocycles. The number of carboxylic acid groups (broad SMARTS) is 1. The van der Waals surface area contributed by atoms with Crippen LogP contribution in [-0.2, 0) is 19.6 Å². The molecule has 0 fully saturated rings. The van der Waals surface area contributed by atoms with Crippen LogP contribution in [0.3, 0.4) is 0 Å². The van der Waals surface area contributed by atoms with Gasteiger partial charge in [-0.05, 0) is 30.2 Å². The molecule has 0 unspecified atom stereocenters. The Kier molecular flexibility index (Phi) is 5.62. The number of carbonyl (C=O) groups is 2. The lowest BCUT2D eigenvalue weighted by Gasteiger charge is -2.09. The SMILES string of the molecule is CNC(=O)CNS(=O)(=O)c1cc(C=CC(=O)O)ccc1C. The maximum absolute atomic E-state index is 12.1. The van der Waals surface area contributed by atoms with Gasteiger partial charge in [-0.2, -0.15) is 0 Å². The number of likely N-dealkylation sites (N-methyl/N-ethyl adjacent to an activating group) is 1. The van der Waals surface area contributed by atoms with Crippen molar-refractivity contribution in [3.05, 3.63) is 35.4 Å². The lowest BCUT2D eigenvalue weighted by Crippen LogP contribution is -2.35. The highest BCUT2D eigenvalue weighted by atomic mass is 32.2. The number of carbonyl (C=O) groups excluding carboxylic acids is 1. The van der Waals surface area contributed by atoms with Gasteiger partial charge in [-0.1, -0.05) is 12.1 Å². The van der Waals surface area contributed by atoms with E-state index in [0.717, 1.165) is 6.08 Å². The molecule has 3 N–H and O–H groups in total. The first-order valence-corrected chi connectivity index (χ1v) is 7.46. The number of aryl methyl sites for hydroxylation is 1. The predicted molar refractivity (Wildman–Crippen MR) is 77.1 cm³/mol. The highest BCUT2D eigenvalue weighted by Gasteiger charge is 2.17. The normalized spacial score (nSPS) is 11.5. The summed E-state index contributed by atoms with van der Waals surface area (Å²) < 4.78 is 26.4. The summed E-state index contributed by atoms with van der Waals surface area (Å²) in [5, 5.41) is 10.9. The van der Waals surface area contributed by atoms with Crippen molar-refractivity contribution in [3.8, 4) is 0 Å². The molecule has 0 saturated carbocycles. The van der Waals surface area contributed by atoms with Crippen molar-refractivity contribution in [3.63, 3.8) is 0 Å². The summed E-state index contributed by atoms with van der Waals surface area (Å²) in [4.78, 5) is 21.6. The average Bonchev–Trinajstić information content (AvgIpc) is 2.43. The van der Waals surface area contributed by atoms with Gasteiger partial charge in [-0.3, -0.25) is 4.79 Å². The number of hydrogen-bond donors (Lipinski definition) is 3. The molecule has 114 valence electrons. The van der Waals surface area contributed by atoms with E-state index in [2.05, 4.69) is 10.0 Å². The Hall–Kier alpha value is -2.19. The molecule has 0 aliphatic rings. The van der Waals surface area contributed by atoms with Crippen LogP contribution < -0.4 is 10.0 Å².